The summed E-state index contributed by atoms with van der Waals surface area (Å²) < 4.78 is 20.4. The summed E-state index contributed by atoms with van der Waals surface area (Å²) in [5.74, 6) is -0.406. The van der Waals surface area contributed by atoms with Crippen molar-refractivity contribution in [3.8, 4) is 5.69 Å². The second-order valence-corrected chi connectivity index (χ2v) is 5.59. The molecule has 2 heterocycles. The average molecular weight is 303 g/mol. The second-order valence-electron chi connectivity index (χ2n) is 5.59. The predicted octanol–water partition coefficient (Wildman–Crippen LogP) is 2.26. The zero-order chi connectivity index (χ0) is 15.7. The first kappa shape index (κ1) is 14.7. The lowest BCUT2D eigenvalue weighted by atomic mass is 10.2. The molecular formula is C16H18FN3O2. The molecule has 2 aromatic rings. The van der Waals surface area contributed by atoms with Gasteiger partial charge in [0.1, 0.15) is 11.5 Å². The first-order valence-electron chi connectivity index (χ1n) is 7.27. The molecule has 2 atom stereocenters. The Balaban J connectivity index is 1.88. The molecule has 116 valence electrons. The molecule has 1 fully saturated rings. The first-order valence-corrected chi connectivity index (χ1v) is 7.27. The Bertz CT molecular complexity index is 658. The van der Waals surface area contributed by atoms with E-state index in [2.05, 4.69) is 4.98 Å². The maximum atomic E-state index is 13.1. The molecule has 22 heavy (non-hydrogen) atoms. The molecule has 1 aromatic heterocycles. The van der Waals surface area contributed by atoms with E-state index >= 15 is 0 Å². The molecule has 0 radical (unpaired) electrons. The fourth-order valence-corrected chi connectivity index (χ4v) is 2.77. The van der Waals surface area contributed by atoms with Crippen LogP contribution in [-0.4, -0.2) is 45.7 Å². The number of morpholine rings is 1. The van der Waals surface area contributed by atoms with Crippen molar-refractivity contribution in [3.05, 3.63) is 48.3 Å². The molecule has 1 aliphatic rings. The number of imidazole rings is 1. The highest BCUT2D eigenvalue weighted by molar-refractivity contribution is 5.93. The third-order valence-corrected chi connectivity index (χ3v) is 3.67. The van der Waals surface area contributed by atoms with Crippen LogP contribution in [0, 0.1) is 5.82 Å². The number of carbonyl (C=O) groups excluding carboxylic acids is 1. The van der Waals surface area contributed by atoms with Crippen LogP contribution < -0.4 is 0 Å². The van der Waals surface area contributed by atoms with Crippen LogP contribution in [0.3, 0.4) is 0 Å². The van der Waals surface area contributed by atoms with Gasteiger partial charge in [-0.25, -0.2) is 9.37 Å². The highest BCUT2D eigenvalue weighted by Crippen LogP contribution is 2.17. The molecule has 1 amide bonds. The first-order chi connectivity index (χ1) is 10.5. The maximum absolute atomic E-state index is 13.1. The van der Waals surface area contributed by atoms with E-state index in [1.54, 1.807) is 27.9 Å². The van der Waals surface area contributed by atoms with Crippen LogP contribution >= 0.6 is 0 Å². The number of benzene rings is 1. The van der Waals surface area contributed by atoms with E-state index in [1.807, 2.05) is 13.8 Å². The molecule has 0 spiro atoms. The number of ether oxygens (including phenoxy) is 1. The Morgan fingerprint density at radius 2 is 1.86 bits per heavy atom. The quantitative estimate of drug-likeness (QED) is 0.855. The molecule has 0 unspecified atom stereocenters. The van der Waals surface area contributed by atoms with Crippen molar-refractivity contribution < 1.29 is 13.9 Å². The van der Waals surface area contributed by atoms with Crippen molar-refractivity contribution in [2.75, 3.05) is 13.1 Å². The zero-order valence-electron chi connectivity index (χ0n) is 12.6. The third-order valence-electron chi connectivity index (χ3n) is 3.67. The summed E-state index contributed by atoms with van der Waals surface area (Å²) in [6.45, 7) is 5.01. The van der Waals surface area contributed by atoms with Gasteiger partial charge in [-0.15, -0.1) is 0 Å². The van der Waals surface area contributed by atoms with Crippen molar-refractivity contribution in [1.29, 1.82) is 0 Å². The minimum atomic E-state index is -0.312. The number of hydrogen-bond acceptors (Lipinski definition) is 3. The van der Waals surface area contributed by atoms with Crippen LogP contribution in [0.15, 0.2) is 36.8 Å². The van der Waals surface area contributed by atoms with Crippen LogP contribution in [0.2, 0.25) is 0 Å². The Morgan fingerprint density at radius 3 is 2.50 bits per heavy atom. The molecule has 1 aromatic carbocycles. The third kappa shape index (κ3) is 2.87. The van der Waals surface area contributed by atoms with Gasteiger partial charge >= 0.3 is 0 Å². The lowest BCUT2D eigenvalue weighted by molar-refractivity contribution is -0.0587. The second kappa shape index (κ2) is 5.88. The summed E-state index contributed by atoms with van der Waals surface area (Å²) in [5.41, 5.74) is 1.17. The minimum absolute atomic E-state index is 0.00916. The van der Waals surface area contributed by atoms with Crippen molar-refractivity contribution in [2.45, 2.75) is 26.1 Å². The molecule has 3 rings (SSSR count). The molecule has 0 N–H and O–H groups in total. The van der Waals surface area contributed by atoms with Crippen LogP contribution in [0.5, 0.6) is 0 Å². The Kier molecular flexibility index (Phi) is 3.94. The van der Waals surface area contributed by atoms with Crippen molar-refractivity contribution in [2.24, 2.45) is 0 Å². The van der Waals surface area contributed by atoms with Crippen LogP contribution in [-0.2, 0) is 4.74 Å². The van der Waals surface area contributed by atoms with Gasteiger partial charge in [0.25, 0.3) is 5.91 Å². The fraction of sp³-hybridized carbons (Fsp3) is 0.375. The van der Waals surface area contributed by atoms with E-state index in [0.717, 1.165) is 0 Å². The largest absolute Gasteiger partial charge is 0.372 e. The molecular weight excluding hydrogens is 285 g/mol. The summed E-state index contributed by atoms with van der Waals surface area (Å²) in [4.78, 5) is 18.6. The topological polar surface area (TPSA) is 47.4 Å². The number of nitrogens with zero attached hydrogens (tertiary/aromatic N) is 3. The predicted molar refractivity (Wildman–Crippen MR) is 79.4 cm³/mol. The monoisotopic (exact) mass is 303 g/mol. The Morgan fingerprint density at radius 1 is 1.23 bits per heavy atom. The van der Waals surface area contributed by atoms with Gasteiger partial charge in [0.05, 0.1) is 24.7 Å². The van der Waals surface area contributed by atoms with Crippen LogP contribution in [0.1, 0.15) is 24.3 Å². The molecule has 0 saturated carbocycles. The standard InChI is InChI=1S/C16H18FN3O2/c1-11-8-19(9-12(2)22-11)16(21)15-7-18-10-20(15)14-5-3-13(17)4-6-14/h3-7,10-12H,8-9H2,1-2H3/t11-,12+. The summed E-state index contributed by atoms with van der Waals surface area (Å²) in [6, 6.07) is 5.97. The van der Waals surface area contributed by atoms with Gasteiger partial charge in [0.2, 0.25) is 0 Å². The molecule has 0 bridgehead atoms. The van der Waals surface area contributed by atoms with Gasteiger partial charge in [-0.3, -0.25) is 9.36 Å². The van der Waals surface area contributed by atoms with Crippen LogP contribution in [0.25, 0.3) is 5.69 Å². The highest BCUT2D eigenvalue weighted by atomic mass is 19.1. The number of halogens is 1. The van der Waals surface area contributed by atoms with E-state index < -0.39 is 0 Å². The SMILES string of the molecule is C[C@@H]1CN(C(=O)c2cncn2-c2ccc(F)cc2)C[C@H](C)O1. The van der Waals surface area contributed by atoms with Gasteiger partial charge in [-0.2, -0.15) is 0 Å². The van der Waals surface area contributed by atoms with Crippen molar-refractivity contribution in [1.82, 2.24) is 14.5 Å². The molecule has 5 nitrogen and oxygen atoms in total. The Hall–Kier alpha value is -2.21. The summed E-state index contributed by atoms with van der Waals surface area (Å²) in [6.07, 6.45) is 3.12. The zero-order valence-corrected chi connectivity index (χ0v) is 12.6. The van der Waals surface area contributed by atoms with Crippen molar-refractivity contribution >= 4 is 5.91 Å². The van der Waals surface area contributed by atoms with Gasteiger partial charge < -0.3 is 9.64 Å². The number of hydrogen-bond donors (Lipinski definition) is 0. The average Bonchev–Trinajstić information content (AvgIpc) is 2.95. The number of rotatable bonds is 2. The summed E-state index contributed by atoms with van der Waals surface area (Å²) >= 11 is 0. The van der Waals surface area contributed by atoms with Gasteiger partial charge in [-0.1, -0.05) is 0 Å². The minimum Gasteiger partial charge on any atom is -0.372 e. The normalized spacial score (nSPS) is 21.9. The van der Waals surface area contributed by atoms with Crippen LogP contribution in [0.4, 0.5) is 4.39 Å². The highest BCUT2D eigenvalue weighted by Gasteiger charge is 2.28. The van der Waals surface area contributed by atoms with E-state index in [9.17, 15) is 9.18 Å². The number of carbonyl (C=O) groups is 1. The van der Waals surface area contributed by atoms with E-state index in [4.69, 9.17) is 4.74 Å². The Labute approximate surface area is 128 Å². The fourth-order valence-electron chi connectivity index (χ4n) is 2.77. The molecule has 0 aliphatic carbocycles. The lowest BCUT2D eigenvalue weighted by Crippen LogP contribution is -2.48. The van der Waals surface area contributed by atoms with Crippen molar-refractivity contribution in [3.63, 3.8) is 0 Å². The molecule has 1 aliphatic heterocycles. The molecule has 1 saturated heterocycles. The smallest absolute Gasteiger partial charge is 0.272 e. The van der Waals surface area contributed by atoms with Gasteiger partial charge in [0, 0.05) is 18.8 Å². The summed E-state index contributed by atoms with van der Waals surface area (Å²) in [7, 11) is 0. The number of amides is 1. The van der Waals surface area contributed by atoms with E-state index in [1.165, 1.54) is 18.3 Å². The molecule has 6 heteroatoms. The van der Waals surface area contributed by atoms with E-state index in [-0.39, 0.29) is 23.9 Å². The van der Waals surface area contributed by atoms with Gasteiger partial charge in [0.15, 0.2) is 0 Å². The van der Waals surface area contributed by atoms with E-state index in [0.29, 0.717) is 24.5 Å². The maximum Gasteiger partial charge on any atom is 0.272 e. The summed E-state index contributed by atoms with van der Waals surface area (Å²) in [5, 5.41) is 0. The van der Waals surface area contributed by atoms with Gasteiger partial charge in [-0.05, 0) is 38.1 Å². The lowest BCUT2D eigenvalue weighted by Gasteiger charge is -2.35. The number of aromatic nitrogens is 2.